The van der Waals surface area contributed by atoms with Gasteiger partial charge < -0.3 is 4.74 Å². The van der Waals surface area contributed by atoms with Crippen LogP contribution in [0.5, 0.6) is 5.75 Å². The maximum absolute atomic E-state index is 11.2. The van der Waals surface area contributed by atoms with Crippen LogP contribution in [0.15, 0.2) is 48.7 Å². The predicted molar refractivity (Wildman–Crippen MR) is 76.1 cm³/mol. The van der Waals surface area contributed by atoms with Gasteiger partial charge in [-0.2, -0.15) is 4.57 Å². The Kier molecular flexibility index (Phi) is 5.54. The average Bonchev–Trinajstić information content (AvgIpc) is 2.39. The van der Waals surface area contributed by atoms with E-state index in [1.165, 1.54) is 5.56 Å². The molecular formula is C13H13ClF6NOSb. The van der Waals surface area contributed by atoms with Crippen LogP contribution >= 0.6 is 11.6 Å². The molecule has 0 N–H and O–H groups in total. The number of ether oxygens (including phenoxy) is 1. The van der Waals surface area contributed by atoms with Crippen LogP contribution in [0, 0.1) is 0 Å². The number of aromatic nitrogens is 1. The van der Waals surface area contributed by atoms with Gasteiger partial charge in [0, 0.05) is 17.7 Å². The van der Waals surface area contributed by atoms with Crippen LogP contribution in [0.1, 0.15) is 5.56 Å². The number of halogens is 7. The van der Waals surface area contributed by atoms with Gasteiger partial charge >= 0.3 is 36.4 Å². The fraction of sp³-hybridized carbons (Fsp3) is 0.154. The van der Waals surface area contributed by atoms with Gasteiger partial charge in [0.2, 0.25) is 0 Å². The summed E-state index contributed by atoms with van der Waals surface area (Å²) in [7, 11) is 1.66. The molecule has 0 bridgehead atoms. The molecule has 0 aliphatic carbocycles. The first-order chi connectivity index (χ1) is 10.2. The zero-order valence-electron chi connectivity index (χ0n) is 11.8. The molecule has 0 saturated carbocycles. The van der Waals surface area contributed by atoms with Gasteiger partial charge in [-0.15, -0.1) is 0 Å². The fourth-order valence-electron chi connectivity index (χ4n) is 1.51. The van der Waals surface area contributed by atoms with Crippen LogP contribution in [0.2, 0.25) is 5.15 Å². The summed E-state index contributed by atoms with van der Waals surface area (Å²) in [5.41, 5.74) is 1.19. The molecule has 1 aromatic heterocycles. The van der Waals surface area contributed by atoms with Crippen LogP contribution in [0.25, 0.3) is 0 Å². The molecule has 0 atom stereocenters. The molecule has 0 aliphatic rings. The van der Waals surface area contributed by atoms with Crippen molar-refractivity contribution in [3.63, 3.8) is 0 Å². The Morgan fingerprint density at radius 3 is 1.91 bits per heavy atom. The van der Waals surface area contributed by atoms with Crippen LogP contribution in [0.3, 0.4) is 0 Å². The van der Waals surface area contributed by atoms with E-state index in [-0.39, 0.29) is 0 Å². The monoisotopic (exact) mass is 469 g/mol. The summed E-state index contributed by atoms with van der Waals surface area (Å²) in [6.45, 7) is 0.768. The summed E-state index contributed by atoms with van der Waals surface area (Å²) < 4.78 is 66.6. The van der Waals surface area contributed by atoms with Crippen LogP contribution < -0.4 is 9.30 Å². The molecule has 0 amide bonds. The Morgan fingerprint density at radius 2 is 1.48 bits per heavy atom. The van der Waals surface area contributed by atoms with Crippen LogP contribution in [-0.2, 0) is 6.54 Å². The topological polar surface area (TPSA) is 13.1 Å². The van der Waals surface area contributed by atoms with Gasteiger partial charge in [-0.3, -0.25) is 0 Å². The van der Waals surface area contributed by atoms with E-state index in [0.717, 1.165) is 17.4 Å². The fourth-order valence-corrected chi connectivity index (χ4v) is 1.70. The minimum absolute atomic E-state index is 0.735. The minimum atomic E-state index is -11.2. The third-order valence-corrected chi connectivity index (χ3v) is 2.74. The average molecular weight is 470 g/mol. The predicted octanol–water partition coefficient (Wildman–Crippen LogP) is 4.82. The normalized spacial score (nSPS) is 14.1. The summed E-state index contributed by atoms with van der Waals surface area (Å²) >= 11 is -5.18. The van der Waals surface area contributed by atoms with E-state index in [9.17, 15) is 16.9 Å². The zero-order chi connectivity index (χ0) is 17.8. The van der Waals surface area contributed by atoms with E-state index in [4.69, 9.17) is 16.3 Å². The number of pyridine rings is 1. The molecule has 0 unspecified atom stereocenters. The Hall–Kier alpha value is -1.14. The van der Waals surface area contributed by atoms with Gasteiger partial charge in [0.1, 0.15) is 5.75 Å². The molecule has 23 heavy (non-hydrogen) atoms. The molecule has 0 spiro atoms. The van der Waals surface area contributed by atoms with Gasteiger partial charge in [-0.25, -0.2) is 0 Å². The Bertz CT molecular complexity index is 649. The molecule has 0 saturated heterocycles. The molecular weight excluding hydrogens is 457 g/mol. The first-order valence-corrected chi connectivity index (χ1v) is 12.2. The first-order valence-electron chi connectivity index (χ1n) is 6.08. The molecule has 130 valence electrons. The molecule has 1 aromatic carbocycles. The van der Waals surface area contributed by atoms with Gasteiger partial charge in [-0.1, -0.05) is 0 Å². The Balaban J connectivity index is 0.000000322. The van der Waals surface area contributed by atoms with E-state index in [1.54, 1.807) is 7.11 Å². The van der Waals surface area contributed by atoms with Crippen molar-refractivity contribution in [2.24, 2.45) is 0 Å². The van der Waals surface area contributed by atoms with Crippen molar-refractivity contribution >= 4 is 31.1 Å². The molecule has 1 heterocycles. The van der Waals surface area contributed by atoms with Crippen LogP contribution in [-0.4, -0.2) is 26.6 Å². The van der Waals surface area contributed by atoms with E-state index >= 15 is 0 Å². The number of rotatable bonds is 3. The quantitative estimate of drug-likeness (QED) is 0.271. The van der Waals surface area contributed by atoms with Crippen molar-refractivity contribution in [2.45, 2.75) is 6.54 Å². The van der Waals surface area contributed by atoms with E-state index < -0.39 is 19.5 Å². The third kappa shape index (κ3) is 11.1. The zero-order valence-corrected chi connectivity index (χ0v) is 15.1. The second-order valence-electron chi connectivity index (χ2n) is 4.46. The number of hydrogen-bond donors (Lipinski definition) is 0. The van der Waals surface area contributed by atoms with Gasteiger partial charge in [0.05, 0.1) is 7.11 Å². The van der Waals surface area contributed by atoms with Gasteiger partial charge in [0.15, 0.2) is 12.7 Å². The second-order valence-corrected chi connectivity index (χ2v) is 10.3. The van der Waals surface area contributed by atoms with Crippen molar-refractivity contribution in [1.29, 1.82) is 0 Å². The number of benzene rings is 1. The van der Waals surface area contributed by atoms with E-state index in [1.807, 2.05) is 53.2 Å². The summed E-state index contributed by atoms with van der Waals surface area (Å²) in [6.07, 6.45) is 1.96. The van der Waals surface area contributed by atoms with Crippen molar-refractivity contribution in [2.75, 3.05) is 7.11 Å². The van der Waals surface area contributed by atoms with Crippen molar-refractivity contribution < 1.29 is 26.2 Å². The standard InChI is InChI=1S/C13H13ClNO.6FH.Sb/c1-16-12-7-5-11(6-8-12)10-15-9-3-2-4-13(15)14;;;;;;;/h2-9H,10H2,1H3;6*1H;/q+1;;;;;;;+5/p-6. The van der Waals surface area contributed by atoms with Crippen molar-refractivity contribution in [1.82, 2.24) is 0 Å². The summed E-state index contributed by atoms with van der Waals surface area (Å²) in [6, 6.07) is 13.7. The van der Waals surface area contributed by atoms with E-state index in [0.29, 0.717) is 0 Å². The second kappa shape index (κ2) is 6.40. The molecule has 0 aliphatic heterocycles. The van der Waals surface area contributed by atoms with Crippen molar-refractivity contribution in [3.8, 4) is 5.75 Å². The number of hydrogen-bond acceptors (Lipinski definition) is 1. The number of nitrogens with zero attached hydrogens (tertiary/aromatic N) is 1. The molecule has 10 heteroatoms. The summed E-state index contributed by atoms with van der Waals surface area (Å²) in [5.74, 6) is 0.868. The first kappa shape index (κ1) is 19.9. The molecule has 2 nitrogen and oxygen atoms in total. The molecule has 0 fully saturated rings. The SMILES string of the molecule is COc1ccc(C[n+]2ccccc2Cl)cc1.[F][Sb-]([F])([F])([F])([F])[F]. The third-order valence-electron chi connectivity index (χ3n) is 2.40. The van der Waals surface area contributed by atoms with Crippen molar-refractivity contribution in [3.05, 3.63) is 59.4 Å². The summed E-state index contributed by atoms with van der Waals surface area (Å²) in [4.78, 5) is 0. The van der Waals surface area contributed by atoms with E-state index in [2.05, 4.69) is 0 Å². The Morgan fingerprint density at radius 1 is 0.957 bits per heavy atom. The molecule has 0 radical (unpaired) electrons. The molecule has 2 aromatic rings. The van der Waals surface area contributed by atoms with Gasteiger partial charge in [-0.05, 0) is 41.9 Å². The summed E-state index contributed by atoms with van der Waals surface area (Å²) in [5, 5.41) is 0.735. The number of methoxy groups -OCH3 is 1. The maximum atomic E-state index is 9.93. The Labute approximate surface area is 136 Å². The van der Waals surface area contributed by atoms with Gasteiger partial charge in [0.25, 0.3) is 5.15 Å². The van der Waals surface area contributed by atoms with Crippen LogP contribution in [0.4, 0.5) is 16.9 Å². The molecule has 2 rings (SSSR count).